The minimum Gasteiger partial charge on any atom is -0.277 e. The van der Waals surface area contributed by atoms with E-state index in [1.807, 2.05) is 18.2 Å². The van der Waals surface area contributed by atoms with E-state index in [1.54, 1.807) is 0 Å². The topological polar surface area (TPSA) is 43.6 Å². The largest absolute Gasteiger partial charge is 0.277 e. The highest BCUT2D eigenvalue weighted by Crippen LogP contribution is 2.52. The van der Waals surface area contributed by atoms with Gasteiger partial charge in [0.05, 0.1) is 11.0 Å². The van der Waals surface area contributed by atoms with Crippen molar-refractivity contribution in [2.45, 2.75) is 19.3 Å². The van der Waals surface area contributed by atoms with Gasteiger partial charge >= 0.3 is 0 Å². The number of fused-ring (bicyclic) bond motifs is 10. The predicted octanol–water partition coefficient (Wildman–Crippen LogP) is 13.7. The van der Waals surface area contributed by atoms with Crippen LogP contribution >= 0.6 is 0 Å². The van der Waals surface area contributed by atoms with Crippen LogP contribution in [-0.4, -0.2) is 19.5 Å². The summed E-state index contributed by atoms with van der Waals surface area (Å²) in [6.07, 6.45) is 0. The third-order valence-corrected chi connectivity index (χ3v) is 12.4. The van der Waals surface area contributed by atoms with Crippen molar-refractivity contribution < 1.29 is 0 Å². The molecule has 0 aliphatic heterocycles. The Kier molecular flexibility index (Phi) is 6.94. The van der Waals surface area contributed by atoms with E-state index in [4.69, 9.17) is 15.0 Å². The lowest BCUT2D eigenvalue weighted by molar-refractivity contribution is 0.661. The number of aromatic nitrogens is 4. The maximum atomic E-state index is 5.38. The normalized spacial score (nSPS) is 13.1. The summed E-state index contributed by atoms with van der Waals surface area (Å²) in [6, 6.07) is 65.5. The van der Waals surface area contributed by atoms with Crippen LogP contribution in [0.15, 0.2) is 182 Å². The molecule has 2 heterocycles. The molecule has 272 valence electrons. The molecule has 0 saturated heterocycles. The van der Waals surface area contributed by atoms with Gasteiger partial charge in [-0.2, -0.15) is 9.97 Å². The summed E-state index contributed by atoms with van der Waals surface area (Å²) >= 11 is 0. The third kappa shape index (κ3) is 4.85. The summed E-state index contributed by atoms with van der Waals surface area (Å²) in [5, 5.41) is 9.54. The minimum absolute atomic E-state index is 0.119. The van der Waals surface area contributed by atoms with Gasteiger partial charge in [0.1, 0.15) is 0 Å². The monoisotopic (exact) mass is 740 g/mol. The summed E-state index contributed by atoms with van der Waals surface area (Å²) in [5.41, 5.74) is 11.5. The van der Waals surface area contributed by atoms with Gasteiger partial charge < -0.3 is 0 Å². The van der Waals surface area contributed by atoms with Crippen LogP contribution < -0.4 is 0 Å². The first-order chi connectivity index (χ1) is 28.5. The van der Waals surface area contributed by atoms with E-state index in [1.165, 1.54) is 43.8 Å². The molecule has 1 aliphatic carbocycles. The van der Waals surface area contributed by atoms with Crippen LogP contribution in [0.3, 0.4) is 0 Å². The molecule has 0 saturated carbocycles. The van der Waals surface area contributed by atoms with Crippen LogP contribution in [0.5, 0.6) is 0 Å². The van der Waals surface area contributed by atoms with Crippen LogP contribution in [0.1, 0.15) is 25.0 Å². The summed E-state index contributed by atoms with van der Waals surface area (Å²) in [7, 11) is 0. The molecule has 2 aromatic heterocycles. The van der Waals surface area contributed by atoms with E-state index in [0.717, 1.165) is 54.8 Å². The molecule has 0 radical (unpaired) electrons. The average molecular weight is 741 g/mol. The van der Waals surface area contributed by atoms with Gasteiger partial charge in [-0.15, -0.1) is 0 Å². The lowest BCUT2D eigenvalue weighted by Crippen LogP contribution is -2.14. The Labute approximate surface area is 335 Å². The molecule has 0 fully saturated rings. The highest BCUT2D eigenvalue weighted by Gasteiger charge is 2.36. The zero-order chi connectivity index (χ0) is 38.5. The van der Waals surface area contributed by atoms with Gasteiger partial charge in [0.25, 0.3) is 0 Å². The zero-order valence-electron chi connectivity index (χ0n) is 32.1. The molecule has 4 heteroatoms. The molecule has 0 bridgehead atoms. The maximum Gasteiger partial charge on any atom is 0.238 e. The van der Waals surface area contributed by atoms with Gasteiger partial charge in [0.15, 0.2) is 11.6 Å². The van der Waals surface area contributed by atoms with Crippen molar-refractivity contribution in [1.29, 1.82) is 0 Å². The Bertz CT molecular complexity index is 3490. The SMILES string of the molecule is CC1(C)c2ccc(-c3cccc4c5cc6ccccc6cc5n(-c5nc(-c6ccccc6)nc(-c6ccc7ccccc7c6)n5)c34)cc2-c2c1ccc1ccccc21. The second-order valence-corrected chi connectivity index (χ2v) is 16.1. The number of hydrogen-bond acceptors (Lipinski definition) is 3. The van der Waals surface area contributed by atoms with Gasteiger partial charge in [-0.1, -0.05) is 172 Å². The summed E-state index contributed by atoms with van der Waals surface area (Å²) in [6.45, 7) is 4.71. The van der Waals surface area contributed by atoms with Crippen molar-refractivity contribution in [3.8, 4) is 51.0 Å². The standard InChI is InChI=1S/C54H36N4/c1-54(2)46-27-26-39(31-45(46)49-41-20-11-10-14-34(41)25-28-47(49)54)42-21-12-22-43-44-30-37-18-8-9-19-38(37)32-48(44)58(50(42)43)53-56-51(35-15-4-3-5-16-35)55-52(57-53)40-24-23-33-13-6-7-17-36(33)29-40/h3-32H,1-2H3. The molecule has 4 nitrogen and oxygen atoms in total. The minimum atomic E-state index is -0.119. The van der Waals surface area contributed by atoms with Gasteiger partial charge in [-0.3, -0.25) is 4.57 Å². The fraction of sp³-hybridized carbons (Fsp3) is 0.0556. The van der Waals surface area contributed by atoms with Crippen LogP contribution in [0, 0.1) is 0 Å². The Balaban J connectivity index is 1.17. The summed E-state index contributed by atoms with van der Waals surface area (Å²) in [4.78, 5) is 15.9. The van der Waals surface area contributed by atoms with Gasteiger partial charge in [-0.05, 0) is 84.4 Å². The van der Waals surface area contributed by atoms with E-state index < -0.39 is 0 Å². The highest BCUT2D eigenvalue weighted by atomic mass is 15.2. The Hall–Kier alpha value is -7.43. The molecule has 0 unspecified atom stereocenters. The van der Waals surface area contributed by atoms with Crippen molar-refractivity contribution in [3.63, 3.8) is 0 Å². The number of para-hydroxylation sites is 1. The molecule has 0 amide bonds. The molecule has 0 atom stereocenters. The summed E-state index contributed by atoms with van der Waals surface area (Å²) in [5.74, 6) is 1.84. The van der Waals surface area contributed by atoms with Crippen molar-refractivity contribution in [1.82, 2.24) is 19.5 Å². The first-order valence-corrected chi connectivity index (χ1v) is 19.9. The lowest BCUT2D eigenvalue weighted by atomic mass is 9.82. The second kappa shape index (κ2) is 12.3. The van der Waals surface area contributed by atoms with Crippen LogP contribution in [0.4, 0.5) is 0 Å². The van der Waals surface area contributed by atoms with Gasteiger partial charge in [0, 0.05) is 32.9 Å². The van der Waals surface area contributed by atoms with E-state index in [9.17, 15) is 0 Å². The molecule has 12 rings (SSSR count). The van der Waals surface area contributed by atoms with Crippen LogP contribution in [0.2, 0.25) is 0 Å². The third-order valence-electron chi connectivity index (χ3n) is 12.4. The number of rotatable bonds is 4. The highest BCUT2D eigenvalue weighted by molar-refractivity contribution is 6.17. The predicted molar refractivity (Wildman–Crippen MR) is 241 cm³/mol. The fourth-order valence-electron chi connectivity index (χ4n) is 9.52. The van der Waals surface area contributed by atoms with Crippen molar-refractivity contribution >= 4 is 54.1 Å². The lowest BCUT2D eigenvalue weighted by Gasteiger charge is -2.21. The first-order valence-electron chi connectivity index (χ1n) is 19.9. The van der Waals surface area contributed by atoms with Crippen molar-refractivity contribution in [3.05, 3.63) is 193 Å². The van der Waals surface area contributed by atoms with E-state index in [-0.39, 0.29) is 5.41 Å². The zero-order valence-corrected chi connectivity index (χ0v) is 32.1. The first kappa shape index (κ1) is 32.8. The smallest absolute Gasteiger partial charge is 0.238 e. The van der Waals surface area contributed by atoms with E-state index >= 15 is 0 Å². The fourth-order valence-corrected chi connectivity index (χ4v) is 9.52. The van der Waals surface area contributed by atoms with Crippen molar-refractivity contribution in [2.24, 2.45) is 0 Å². The van der Waals surface area contributed by atoms with E-state index in [2.05, 4.69) is 182 Å². The molecule has 58 heavy (non-hydrogen) atoms. The Morgan fingerprint density at radius 1 is 0.397 bits per heavy atom. The van der Waals surface area contributed by atoms with E-state index in [0.29, 0.717) is 17.6 Å². The summed E-state index contributed by atoms with van der Waals surface area (Å²) < 4.78 is 2.28. The quantitative estimate of drug-likeness (QED) is 0.180. The molecular formula is C54H36N4. The van der Waals surface area contributed by atoms with Gasteiger partial charge in [0.2, 0.25) is 5.95 Å². The van der Waals surface area contributed by atoms with Gasteiger partial charge in [-0.25, -0.2) is 4.98 Å². The van der Waals surface area contributed by atoms with Crippen LogP contribution in [0.25, 0.3) is 105 Å². The number of benzene rings is 9. The van der Waals surface area contributed by atoms with Crippen LogP contribution in [-0.2, 0) is 5.41 Å². The second-order valence-electron chi connectivity index (χ2n) is 16.1. The molecule has 9 aromatic carbocycles. The Morgan fingerprint density at radius 3 is 1.83 bits per heavy atom. The molecule has 1 aliphatic rings. The number of hydrogen-bond donors (Lipinski definition) is 0. The molecular weight excluding hydrogens is 705 g/mol. The van der Waals surface area contributed by atoms with Crippen molar-refractivity contribution in [2.75, 3.05) is 0 Å². The molecule has 0 N–H and O–H groups in total. The molecule has 11 aromatic rings. The Morgan fingerprint density at radius 2 is 1.02 bits per heavy atom. The maximum absolute atomic E-state index is 5.38. The average Bonchev–Trinajstić information content (AvgIpc) is 3.72. The number of nitrogens with zero attached hydrogens (tertiary/aromatic N) is 4. The molecule has 0 spiro atoms.